The van der Waals surface area contributed by atoms with Crippen LogP contribution in [0, 0.1) is 6.92 Å². The van der Waals surface area contributed by atoms with Crippen LogP contribution in [0.25, 0.3) is 5.57 Å². The SMILES string of the molecule is C/C=C(/C)c1cc(OCc2ccccc2C)cc(OCc2ccccc2O)c1.C=C(C)S/C=C(\C)CNCCO. The summed E-state index contributed by atoms with van der Waals surface area (Å²) in [6.45, 7) is 16.5. The largest absolute Gasteiger partial charge is 0.508 e. The summed E-state index contributed by atoms with van der Waals surface area (Å²) in [5.74, 6) is 1.70. The van der Waals surface area contributed by atoms with Crippen LogP contribution in [0.5, 0.6) is 17.2 Å². The van der Waals surface area contributed by atoms with Gasteiger partial charge in [-0.2, -0.15) is 0 Å². The van der Waals surface area contributed by atoms with Crippen LogP contribution >= 0.6 is 11.8 Å². The van der Waals surface area contributed by atoms with Gasteiger partial charge in [0, 0.05) is 24.7 Å². The van der Waals surface area contributed by atoms with Gasteiger partial charge in [0.15, 0.2) is 0 Å². The highest BCUT2D eigenvalue weighted by Gasteiger charge is 2.08. The molecule has 3 rings (SSSR count). The first kappa shape index (κ1) is 32.8. The summed E-state index contributed by atoms with van der Waals surface area (Å²) in [6.07, 6.45) is 2.06. The number of allylic oxidation sites excluding steroid dienone is 3. The van der Waals surface area contributed by atoms with Gasteiger partial charge in [-0.25, -0.2) is 0 Å². The molecule has 214 valence electrons. The minimum absolute atomic E-state index is 0.195. The predicted octanol–water partition coefficient (Wildman–Crippen LogP) is 8.02. The number of phenolic OH excluding ortho intramolecular Hbond substituents is 1. The molecule has 0 amide bonds. The molecule has 0 atom stereocenters. The minimum Gasteiger partial charge on any atom is -0.508 e. The Morgan fingerprint density at radius 3 is 2.10 bits per heavy atom. The van der Waals surface area contributed by atoms with Crippen LogP contribution in [0.2, 0.25) is 0 Å². The number of ether oxygens (including phenoxy) is 2. The Labute approximate surface area is 244 Å². The van der Waals surface area contributed by atoms with Crippen LogP contribution in [-0.4, -0.2) is 29.9 Å². The number of aliphatic hydroxyl groups is 1. The minimum atomic E-state index is 0.195. The summed E-state index contributed by atoms with van der Waals surface area (Å²) < 4.78 is 12.0. The first-order valence-electron chi connectivity index (χ1n) is 13.4. The number of aromatic hydroxyl groups is 1. The van der Waals surface area contributed by atoms with Gasteiger partial charge in [0.1, 0.15) is 30.5 Å². The highest BCUT2D eigenvalue weighted by molar-refractivity contribution is 8.05. The number of thioether (sulfide) groups is 1. The maximum absolute atomic E-state index is 9.95. The maximum atomic E-state index is 9.95. The Morgan fingerprint density at radius 2 is 1.52 bits per heavy atom. The van der Waals surface area contributed by atoms with E-state index in [9.17, 15) is 5.11 Å². The lowest BCUT2D eigenvalue weighted by atomic mass is 10.1. The number of aliphatic hydroxyl groups excluding tert-OH is 1. The molecule has 3 N–H and O–H groups in total. The Balaban J connectivity index is 0.000000395. The van der Waals surface area contributed by atoms with Crippen LogP contribution in [-0.2, 0) is 13.2 Å². The fourth-order valence-corrected chi connectivity index (χ4v) is 3.95. The van der Waals surface area contributed by atoms with E-state index in [1.165, 1.54) is 11.1 Å². The molecule has 0 spiro atoms. The fourth-order valence-electron chi connectivity index (χ4n) is 3.47. The van der Waals surface area contributed by atoms with E-state index in [0.29, 0.717) is 25.5 Å². The van der Waals surface area contributed by atoms with E-state index in [1.54, 1.807) is 23.9 Å². The molecule has 3 aromatic carbocycles. The summed E-state index contributed by atoms with van der Waals surface area (Å²) in [5, 5.41) is 23.6. The zero-order chi connectivity index (χ0) is 29.3. The Hall–Kier alpha value is -3.45. The van der Waals surface area contributed by atoms with Crippen LogP contribution in [0.15, 0.2) is 95.3 Å². The molecule has 40 heavy (non-hydrogen) atoms. The number of hydrogen-bond acceptors (Lipinski definition) is 6. The first-order chi connectivity index (χ1) is 19.2. The van der Waals surface area contributed by atoms with Crippen molar-refractivity contribution in [2.24, 2.45) is 0 Å². The Bertz CT molecular complexity index is 1210. The molecule has 6 heteroatoms. The summed E-state index contributed by atoms with van der Waals surface area (Å²) in [4.78, 5) is 1.09. The van der Waals surface area contributed by atoms with Crippen molar-refractivity contribution in [3.63, 3.8) is 0 Å². The summed E-state index contributed by atoms with van der Waals surface area (Å²) in [6, 6.07) is 21.3. The van der Waals surface area contributed by atoms with Gasteiger partial charge in [0.25, 0.3) is 0 Å². The lowest BCUT2D eigenvalue weighted by molar-refractivity contribution is 0.286. The van der Waals surface area contributed by atoms with Gasteiger partial charge < -0.3 is 25.0 Å². The number of aryl methyl sites for hydroxylation is 1. The van der Waals surface area contributed by atoms with Gasteiger partial charge in [0.05, 0.1) is 6.61 Å². The molecule has 0 saturated heterocycles. The second-order valence-corrected chi connectivity index (χ2v) is 10.7. The van der Waals surface area contributed by atoms with Gasteiger partial charge in [0.2, 0.25) is 0 Å². The third-order valence-corrected chi connectivity index (χ3v) is 6.89. The van der Waals surface area contributed by atoms with Crippen molar-refractivity contribution in [3.05, 3.63) is 118 Å². The zero-order valence-corrected chi connectivity index (χ0v) is 25.2. The molecule has 0 saturated carbocycles. The van der Waals surface area contributed by atoms with E-state index in [1.807, 2.05) is 56.3 Å². The second kappa shape index (κ2) is 18.0. The molecule has 0 aliphatic carbocycles. The van der Waals surface area contributed by atoms with Crippen molar-refractivity contribution in [1.82, 2.24) is 5.32 Å². The molecule has 0 aliphatic rings. The Kier molecular flexibility index (Phi) is 14.7. The predicted molar refractivity (Wildman–Crippen MR) is 170 cm³/mol. The second-order valence-electron chi connectivity index (χ2n) is 9.48. The number of benzene rings is 3. The lowest BCUT2D eigenvalue weighted by Crippen LogP contribution is -2.19. The third kappa shape index (κ3) is 12.2. The molecule has 0 aromatic heterocycles. The maximum Gasteiger partial charge on any atom is 0.124 e. The van der Waals surface area contributed by atoms with E-state index in [4.69, 9.17) is 14.6 Å². The smallest absolute Gasteiger partial charge is 0.124 e. The van der Waals surface area contributed by atoms with Crippen molar-refractivity contribution < 1.29 is 19.7 Å². The number of hydrogen-bond donors (Lipinski definition) is 3. The van der Waals surface area contributed by atoms with Gasteiger partial charge in [-0.15, -0.1) is 11.8 Å². The van der Waals surface area contributed by atoms with E-state index >= 15 is 0 Å². The third-order valence-electron chi connectivity index (χ3n) is 5.96. The summed E-state index contributed by atoms with van der Waals surface area (Å²) in [5.41, 5.74) is 6.58. The quantitative estimate of drug-likeness (QED) is 0.184. The highest BCUT2D eigenvalue weighted by Crippen LogP contribution is 2.29. The first-order valence-corrected chi connectivity index (χ1v) is 14.3. The van der Waals surface area contributed by atoms with Crippen molar-refractivity contribution in [2.45, 2.75) is 47.8 Å². The van der Waals surface area contributed by atoms with E-state index in [-0.39, 0.29) is 12.4 Å². The van der Waals surface area contributed by atoms with Crippen molar-refractivity contribution in [2.75, 3.05) is 19.7 Å². The molecule has 0 heterocycles. The molecule has 5 nitrogen and oxygen atoms in total. The monoisotopic (exact) mass is 561 g/mol. The van der Waals surface area contributed by atoms with Crippen LogP contribution in [0.1, 0.15) is 49.9 Å². The van der Waals surface area contributed by atoms with Crippen LogP contribution in [0.4, 0.5) is 0 Å². The molecule has 0 fully saturated rings. The molecule has 0 bridgehead atoms. The van der Waals surface area contributed by atoms with Crippen LogP contribution < -0.4 is 14.8 Å². The lowest BCUT2D eigenvalue weighted by Gasteiger charge is -2.14. The van der Waals surface area contributed by atoms with E-state index in [2.05, 4.69) is 56.3 Å². The van der Waals surface area contributed by atoms with E-state index < -0.39 is 0 Å². The molecule has 0 aliphatic heterocycles. The standard InChI is InChI=1S/C25H26O3.C9H17NOS/c1-4-18(2)22-13-23(27-16-20-10-6-5-9-19(20)3)15-24(14-22)28-17-21-11-7-8-12-25(21)26;1-8(2)12-7-9(3)6-10-4-5-11/h4-15,26H,16-17H2,1-3H3;7,10-11H,1,4-6H2,2-3H3/b18-4-;9-7+. The van der Waals surface area contributed by atoms with Gasteiger partial charge >= 0.3 is 0 Å². The van der Waals surface area contributed by atoms with Crippen LogP contribution in [0.3, 0.4) is 0 Å². The molecule has 0 radical (unpaired) electrons. The topological polar surface area (TPSA) is 71.0 Å². The fraction of sp³-hybridized carbons (Fsp3) is 0.294. The van der Waals surface area contributed by atoms with Gasteiger partial charge in [-0.3, -0.25) is 0 Å². The zero-order valence-electron chi connectivity index (χ0n) is 24.4. The summed E-state index contributed by atoms with van der Waals surface area (Å²) in [7, 11) is 0. The number of nitrogens with one attached hydrogen (secondary N) is 1. The van der Waals surface area contributed by atoms with Crippen molar-refractivity contribution >= 4 is 17.3 Å². The number of para-hydroxylation sites is 1. The van der Waals surface area contributed by atoms with E-state index in [0.717, 1.165) is 39.5 Å². The number of rotatable bonds is 13. The highest BCUT2D eigenvalue weighted by atomic mass is 32.2. The number of phenols is 1. The molecular formula is C34H43NO4S. The Morgan fingerprint density at radius 1 is 0.925 bits per heavy atom. The van der Waals surface area contributed by atoms with Crippen molar-refractivity contribution in [3.8, 4) is 17.2 Å². The van der Waals surface area contributed by atoms with Gasteiger partial charge in [-0.1, -0.05) is 60.7 Å². The normalized spacial score (nSPS) is 11.4. The average Bonchev–Trinajstić information content (AvgIpc) is 2.95. The molecule has 0 unspecified atom stereocenters. The summed E-state index contributed by atoms with van der Waals surface area (Å²) >= 11 is 1.64. The molecular weight excluding hydrogens is 518 g/mol. The van der Waals surface area contributed by atoms with Crippen molar-refractivity contribution in [1.29, 1.82) is 0 Å². The molecule has 3 aromatic rings. The van der Waals surface area contributed by atoms with Gasteiger partial charge in [-0.05, 0) is 85.4 Å². The average molecular weight is 562 g/mol.